The maximum absolute atomic E-state index is 14.5. The van der Waals surface area contributed by atoms with Gasteiger partial charge in [-0.05, 0) is 78.8 Å². The topological polar surface area (TPSA) is 152 Å². The standard InChI is InChI=1S/C44H32N4O9S3/c1-5-56-42(52)35-36(23-11-7-6-8-12-23)46-43-48(37(35)24-19-30(53-2)38(55-4)31(20-24)54-3)41(51)33(58-43)22-26-16-18-34(57-26)60-44-45-29-17-15-25(21-32(29)59-44)47-39(49)27-13-9-10-14-28(27)40(47)50/h6-22,37H,5H2,1-4H3/b33-22-/t37-/m1/s1. The van der Waals surface area contributed by atoms with Crippen LogP contribution >= 0.6 is 34.4 Å². The molecule has 60 heavy (non-hydrogen) atoms. The van der Waals surface area contributed by atoms with Crippen molar-refractivity contribution in [3.8, 4) is 17.2 Å². The number of rotatable bonds is 11. The molecule has 0 aliphatic carbocycles. The molecule has 1 atom stereocenters. The summed E-state index contributed by atoms with van der Waals surface area (Å²) in [6, 6.07) is 27.3. The first kappa shape index (κ1) is 38.8. The Morgan fingerprint density at radius 1 is 0.850 bits per heavy atom. The number of esters is 1. The molecule has 0 fully saturated rings. The van der Waals surface area contributed by atoms with Gasteiger partial charge in [-0.2, -0.15) is 0 Å². The summed E-state index contributed by atoms with van der Waals surface area (Å²) in [7, 11) is 4.48. The van der Waals surface area contributed by atoms with Gasteiger partial charge in [-0.25, -0.2) is 19.7 Å². The highest BCUT2D eigenvalue weighted by Crippen LogP contribution is 2.44. The molecule has 7 aromatic rings. The number of thiazole rings is 2. The van der Waals surface area contributed by atoms with Crippen molar-refractivity contribution in [2.24, 2.45) is 4.99 Å². The fourth-order valence-electron chi connectivity index (χ4n) is 7.20. The highest BCUT2D eigenvalue weighted by atomic mass is 32.2. The third-order valence-corrected chi connectivity index (χ3v) is 12.8. The molecule has 300 valence electrons. The SMILES string of the molecule is CCOC(=O)C1=C(c2ccccc2)N=c2s/c(=C\c3ccc(Sc4nc5ccc(N6C(=O)c7ccccc7C6=O)cc5s4)o3)c(=O)n2[C@@H]1c1cc(OC)c(OC)c(OC)c1. The third-order valence-electron chi connectivity index (χ3n) is 9.84. The predicted molar refractivity (Wildman–Crippen MR) is 227 cm³/mol. The van der Waals surface area contributed by atoms with Crippen molar-refractivity contribution in [2.75, 3.05) is 32.8 Å². The van der Waals surface area contributed by atoms with Crippen LogP contribution < -0.4 is 34.0 Å². The van der Waals surface area contributed by atoms with Gasteiger partial charge < -0.3 is 23.4 Å². The highest BCUT2D eigenvalue weighted by molar-refractivity contribution is 8.01. The van der Waals surface area contributed by atoms with Gasteiger partial charge in [-0.1, -0.05) is 53.8 Å². The van der Waals surface area contributed by atoms with Gasteiger partial charge in [0.05, 0.1) is 76.8 Å². The largest absolute Gasteiger partial charge is 0.493 e. The van der Waals surface area contributed by atoms with Gasteiger partial charge in [0, 0.05) is 11.6 Å². The van der Waals surface area contributed by atoms with Crippen molar-refractivity contribution in [3.05, 3.63) is 150 Å². The van der Waals surface area contributed by atoms with Crippen LogP contribution in [0.4, 0.5) is 5.69 Å². The molecule has 9 rings (SSSR count). The molecule has 0 spiro atoms. The molecule has 2 amide bonds. The molecule has 5 heterocycles. The van der Waals surface area contributed by atoms with E-state index in [1.165, 1.54) is 53.9 Å². The van der Waals surface area contributed by atoms with Crippen molar-refractivity contribution in [1.29, 1.82) is 0 Å². The minimum Gasteiger partial charge on any atom is -0.493 e. The molecule has 2 aliphatic rings. The van der Waals surface area contributed by atoms with E-state index in [0.29, 0.717) is 80.9 Å². The van der Waals surface area contributed by atoms with E-state index in [2.05, 4.69) is 0 Å². The summed E-state index contributed by atoms with van der Waals surface area (Å²) in [5.41, 5.74) is 3.22. The highest BCUT2D eigenvalue weighted by Gasteiger charge is 2.38. The maximum Gasteiger partial charge on any atom is 0.338 e. The molecule has 0 N–H and O–H groups in total. The summed E-state index contributed by atoms with van der Waals surface area (Å²) in [6.45, 7) is 1.82. The van der Waals surface area contributed by atoms with Crippen molar-refractivity contribution in [1.82, 2.24) is 9.55 Å². The summed E-state index contributed by atoms with van der Waals surface area (Å²) in [5, 5.41) is 0.528. The number of aromatic nitrogens is 2. The van der Waals surface area contributed by atoms with Crippen LogP contribution in [0.5, 0.6) is 17.2 Å². The normalized spacial score (nSPS) is 15.0. The molecular formula is C44H32N4O9S3. The second-order valence-electron chi connectivity index (χ2n) is 13.3. The molecule has 0 unspecified atom stereocenters. The van der Waals surface area contributed by atoms with Crippen LogP contribution in [0.15, 0.2) is 126 Å². The first-order chi connectivity index (χ1) is 29.2. The van der Waals surface area contributed by atoms with Crippen LogP contribution in [0.25, 0.3) is 22.0 Å². The van der Waals surface area contributed by atoms with Crippen LogP contribution in [0, 0.1) is 0 Å². The van der Waals surface area contributed by atoms with Crippen molar-refractivity contribution >= 4 is 79.9 Å². The molecule has 3 aromatic heterocycles. The quantitative estimate of drug-likeness (QED) is 0.0967. The fourth-order valence-corrected chi connectivity index (χ4v) is 10.2. The Morgan fingerprint density at radius 3 is 2.22 bits per heavy atom. The number of imide groups is 1. The number of nitrogens with zero attached hydrogens (tertiary/aromatic N) is 4. The Morgan fingerprint density at radius 2 is 1.55 bits per heavy atom. The summed E-state index contributed by atoms with van der Waals surface area (Å²) in [6.07, 6.45) is 1.64. The van der Waals surface area contributed by atoms with Crippen LogP contribution in [-0.2, 0) is 9.53 Å². The van der Waals surface area contributed by atoms with Gasteiger partial charge in [0.1, 0.15) is 5.76 Å². The number of anilines is 1. The zero-order chi connectivity index (χ0) is 41.7. The lowest BCUT2D eigenvalue weighted by Gasteiger charge is -2.27. The summed E-state index contributed by atoms with van der Waals surface area (Å²) in [4.78, 5) is 65.9. The molecule has 0 saturated heterocycles. The number of carbonyl (C=O) groups excluding carboxylic acids is 3. The van der Waals surface area contributed by atoms with Gasteiger partial charge in [0.25, 0.3) is 17.4 Å². The van der Waals surface area contributed by atoms with Crippen molar-refractivity contribution < 1.29 is 37.7 Å². The van der Waals surface area contributed by atoms with E-state index < -0.39 is 17.6 Å². The van der Waals surface area contributed by atoms with E-state index in [4.69, 9.17) is 33.3 Å². The number of ether oxygens (including phenoxy) is 4. The molecular weight excluding hydrogens is 825 g/mol. The first-order valence-electron chi connectivity index (χ1n) is 18.5. The predicted octanol–water partition coefficient (Wildman–Crippen LogP) is 7.12. The number of methoxy groups -OCH3 is 3. The number of fused-ring (bicyclic) bond motifs is 3. The molecule has 0 saturated carbocycles. The van der Waals surface area contributed by atoms with E-state index >= 15 is 0 Å². The number of carbonyl (C=O) groups is 3. The van der Waals surface area contributed by atoms with E-state index in [-0.39, 0.29) is 24.0 Å². The lowest BCUT2D eigenvalue weighted by Crippen LogP contribution is -2.40. The molecule has 13 nitrogen and oxygen atoms in total. The molecule has 4 aromatic carbocycles. The van der Waals surface area contributed by atoms with Gasteiger partial charge in [-0.3, -0.25) is 19.0 Å². The summed E-state index contributed by atoms with van der Waals surface area (Å²) >= 11 is 3.86. The third kappa shape index (κ3) is 6.67. The Labute approximate surface area is 353 Å². The lowest BCUT2D eigenvalue weighted by molar-refractivity contribution is -0.138. The van der Waals surface area contributed by atoms with Crippen LogP contribution in [0.2, 0.25) is 0 Å². The lowest BCUT2D eigenvalue weighted by atomic mass is 9.92. The van der Waals surface area contributed by atoms with Gasteiger partial charge in [-0.15, -0.1) is 11.3 Å². The van der Waals surface area contributed by atoms with E-state index in [9.17, 15) is 19.2 Å². The first-order valence-corrected chi connectivity index (χ1v) is 20.9. The number of benzene rings is 4. The smallest absolute Gasteiger partial charge is 0.338 e. The minimum atomic E-state index is -0.995. The van der Waals surface area contributed by atoms with Crippen molar-refractivity contribution in [3.63, 3.8) is 0 Å². The summed E-state index contributed by atoms with van der Waals surface area (Å²) in [5.74, 6) is 0.0867. The zero-order valence-electron chi connectivity index (χ0n) is 32.3. The zero-order valence-corrected chi connectivity index (χ0v) is 34.7. The number of amides is 2. The Bertz CT molecular complexity index is 3050. The van der Waals surface area contributed by atoms with Gasteiger partial charge >= 0.3 is 5.97 Å². The number of furan rings is 1. The Balaban J connectivity index is 1.08. The van der Waals surface area contributed by atoms with Crippen LogP contribution in [0.1, 0.15) is 50.6 Å². The second kappa shape index (κ2) is 15.8. The van der Waals surface area contributed by atoms with E-state index in [1.807, 2.05) is 30.3 Å². The van der Waals surface area contributed by atoms with Crippen LogP contribution in [-0.4, -0.2) is 55.3 Å². The monoisotopic (exact) mass is 856 g/mol. The molecule has 2 aliphatic heterocycles. The minimum absolute atomic E-state index is 0.101. The molecule has 0 bridgehead atoms. The fraction of sp³-hybridized carbons (Fsp3) is 0.136. The molecule has 0 radical (unpaired) electrons. The van der Waals surface area contributed by atoms with Gasteiger partial charge in [0.15, 0.2) is 25.7 Å². The van der Waals surface area contributed by atoms with Gasteiger partial charge in [0.2, 0.25) is 5.75 Å². The van der Waals surface area contributed by atoms with E-state index in [1.54, 1.807) is 79.7 Å². The van der Waals surface area contributed by atoms with E-state index in [0.717, 1.165) is 16.0 Å². The average Bonchev–Trinajstić information content (AvgIpc) is 4.03. The summed E-state index contributed by atoms with van der Waals surface area (Å²) < 4.78 is 32.0. The van der Waals surface area contributed by atoms with Crippen molar-refractivity contribution in [2.45, 2.75) is 22.4 Å². The number of hydrogen-bond acceptors (Lipinski definition) is 14. The maximum atomic E-state index is 14.5. The second-order valence-corrected chi connectivity index (χ2v) is 16.6. The average molecular weight is 857 g/mol. The Kier molecular flexibility index (Phi) is 10.2. The Hall–Kier alpha value is -6.75. The molecule has 16 heteroatoms. The van der Waals surface area contributed by atoms with Crippen LogP contribution in [0.3, 0.4) is 0 Å². The number of hydrogen-bond donors (Lipinski definition) is 0.